The Hall–Kier alpha value is -0.680. The van der Waals surface area contributed by atoms with Crippen LogP contribution in [0.1, 0.15) is 0 Å². The van der Waals surface area contributed by atoms with Gasteiger partial charge in [-0.1, -0.05) is 11.6 Å². The minimum absolute atomic E-state index is 0.0196. The van der Waals surface area contributed by atoms with E-state index in [0.717, 1.165) is 0 Å². The molecule has 0 aliphatic carbocycles. The van der Waals surface area contributed by atoms with Gasteiger partial charge in [-0.25, -0.2) is 4.21 Å². The molecule has 0 amide bonds. The Morgan fingerprint density at radius 2 is 2.08 bits per heavy atom. The van der Waals surface area contributed by atoms with Crippen molar-refractivity contribution in [3.8, 4) is 0 Å². The van der Waals surface area contributed by atoms with Gasteiger partial charge in [0.15, 0.2) is 0 Å². The van der Waals surface area contributed by atoms with Gasteiger partial charge in [-0.15, -0.1) is 0 Å². The molecule has 0 saturated heterocycles. The minimum atomic E-state index is -2.93. The summed E-state index contributed by atoms with van der Waals surface area (Å²) in [4.78, 5) is -0.0839. The van der Waals surface area contributed by atoms with E-state index in [1.54, 1.807) is 0 Å². The smallest absolute Gasteiger partial charge is 0.316 e. The average Bonchev–Trinajstić information content (AvgIpc) is 2.03. The van der Waals surface area contributed by atoms with Crippen molar-refractivity contribution >= 4 is 28.1 Å². The van der Waals surface area contributed by atoms with E-state index in [9.17, 15) is 13.0 Å². The maximum Gasteiger partial charge on any atom is 0.316 e. The van der Waals surface area contributed by atoms with Crippen molar-refractivity contribution in [1.29, 1.82) is 0 Å². The van der Waals surface area contributed by atoms with Crippen molar-refractivity contribution in [3.05, 3.63) is 23.2 Å². The topological polar surface area (TPSA) is 43.1 Å². The van der Waals surface area contributed by atoms with E-state index in [2.05, 4.69) is 0 Å². The zero-order chi connectivity index (χ0) is 10.0. The SMILES string of the molecule is Nc1cc(Cl)ccc1S(=O)C(F)F. The predicted octanol–water partition coefficient (Wildman–Crippen LogP) is 2.25. The highest BCUT2D eigenvalue weighted by Crippen LogP contribution is 2.23. The first-order valence-corrected chi connectivity index (χ1v) is 4.85. The fraction of sp³-hybridized carbons (Fsp3) is 0.143. The average molecular weight is 226 g/mol. The molecule has 0 bridgehead atoms. The molecule has 13 heavy (non-hydrogen) atoms. The molecule has 72 valence electrons. The lowest BCUT2D eigenvalue weighted by molar-refractivity contribution is 0.244. The first-order chi connectivity index (χ1) is 6.02. The predicted molar refractivity (Wildman–Crippen MR) is 48.3 cm³/mol. The molecule has 0 heterocycles. The van der Waals surface area contributed by atoms with E-state index in [1.807, 2.05) is 0 Å². The van der Waals surface area contributed by atoms with Crippen LogP contribution in [0.5, 0.6) is 0 Å². The van der Waals surface area contributed by atoms with Gasteiger partial charge >= 0.3 is 5.76 Å². The van der Waals surface area contributed by atoms with Gasteiger partial charge in [0.05, 0.1) is 4.90 Å². The second-order valence-electron chi connectivity index (χ2n) is 2.24. The lowest BCUT2D eigenvalue weighted by Gasteiger charge is -2.04. The lowest BCUT2D eigenvalue weighted by atomic mass is 10.3. The standard InChI is InChI=1S/C7H6ClF2NOS/c8-4-1-2-6(5(11)3-4)13(12)7(9)10/h1-3,7H,11H2. The number of halogens is 3. The van der Waals surface area contributed by atoms with E-state index < -0.39 is 16.6 Å². The molecular formula is C7H6ClF2NOS. The van der Waals surface area contributed by atoms with E-state index in [0.29, 0.717) is 5.02 Å². The second kappa shape index (κ2) is 4.02. The molecule has 1 rings (SSSR count). The van der Waals surface area contributed by atoms with Gasteiger partial charge in [0.2, 0.25) is 0 Å². The largest absolute Gasteiger partial charge is 0.398 e. The van der Waals surface area contributed by atoms with Crippen molar-refractivity contribution in [3.63, 3.8) is 0 Å². The zero-order valence-corrected chi connectivity index (χ0v) is 7.91. The molecule has 6 heteroatoms. The molecule has 0 aromatic heterocycles. The van der Waals surface area contributed by atoms with Crippen LogP contribution < -0.4 is 5.73 Å². The Balaban J connectivity index is 3.09. The first-order valence-electron chi connectivity index (χ1n) is 3.26. The summed E-state index contributed by atoms with van der Waals surface area (Å²) in [7, 11) is -2.37. The summed E-state index contributed by atoms with van der Waals surface area (Å²) < 4.78 is 34.9. The molecule has 0 saturated carbocycles. The van der Waals surface area contributed by atoms with E-state index in [-0.39, 0.29) is 10.6 Å². The monoisotopic (exact) mass is 225 g/mol. The number of nitrogens with two attached hydrogens (primary N) is 1. The quantitative estimate of drug-likeness (QED) is 0.785. The Morgan fingerprint density at radius 1 is 1.46 bits per heavy atom. The van der Waals surface area contributed by atoms with Crippen molar-refractivity contribution < 1.29 is 13.0 Å². The number of benzene rings is 1. The Bertz CT molecular complexity index is 345. The Labute approximate surface area is 81.1 Å². The normalized spacial score (nSPS) is 13.2. The summed E-state index contributed by atoms with van der Waals surface area (Å²) in [5.41, 5.74) is 5.37. The van der Waals surface area contributed by atoms with Gasteiger partial charge in [-0.2, -0.15) is 8.78 Å². The van der Waals surface area contributed by atoms with E-state index in [1.165, 1.54) is 18.2 Å². The summed E-state index contributed by atoms with van der Waals surface area (Å²) in [6, 6.07) is 3.89. The third-order valence-corrected chi connectivity index (χ3v) is 2.71. The van der Waals surface area contributed by atoms with Crippen LogP contribution in [0.25, 0.3) is 0 Å². The molecule has 1 aromatic rings. The number of hydrogen-bond donors (Lipinski definition) is 1. The van der Waals surface area contributed by atoms with Crippen molar-refractivity contribution in [2.24, 2.45) is 0 Å². The molecule has 0 fully saturated rings. The summed E-state index contributed by atoms with van der Waals surface area (Å²) in [6.45, 7) is 0. The van der Waals surface area contributed by atoms with Crippen LogP contribution in [-0.4, -0.2) is 9.97 Å². The first kappa shape index (κ1) is 10.4. The summed E-state index contributed by atoms with van der Waals surface area (Å²) in [5, 5.41) is 0.326. The molecule has 1 aromatic carbocycles. The summed E-state index contributed by atoms with van der Waals surface area (Å²) in [6.07, 6.45) is 0. The molecule has 0 radical (unpaired) electrons. The molecule has 0 aliphatic rings. The highest BCUT2D eigenvalue weighted by Gasteiger charge is 2.17. The van der Waals surface area contributed by atoms with E-state index >= 15 is 0 Å². The van der Waals surface area contributed by atoms with Crippen LogP contribution in [0, 0.1) is 0 Å². The Kier molecular flexibility index (Phi) is 3.22. The van der Waals surface area contributed by atoms with Gasteiger partial charge in [-0.3, -0.25) is 0 Å². The molecule has 1 unspecified atom stereocenters. The van der Waals surface area contributed by atoms with Crippen LogP contribution >= 0.6 is 11.6 Å². The second-order valence-corrected chi connectivity index (χ2v) is 4.07. The van der Waals surface area contributed by atoms with Crippen LogP contribution in [0.4, 0.5) is 14.5 Å². The zero-order valence-electron chi connectivity index (χ0n) is 6.34. The van der Waals surface area contributed by atoms with Gasteiger partial charge in [0, 0.05) is 10.7 Å². The maximum absolute atomic E-state index is 12.0. The summed E-state index contributed by atoms with van der Waals surface area (Å²) in [5.74, 6) is -2.93. The molecule has 2 N–H and O–H groups in total. The van der Waals surface area contributed by atoms with Crippen molar-refractivity contribution in [2.45, 2.75) is 10.7 Å². The Morgan fingerprint density at radius 3 is 2.54 bits per heavy atom. The molecule has 0 spiro atoms. The highest BCUT2D eigenvalue weighted by molar-refractivity contribution is 7.85. The molecular weight excluding hydrogens is 220 g/mol. The fourth-order valence-electron chi connectivity index (χ4n) is 0.799. The van der Waals surface area contributed by atoms with Crippen molar-refractivity contribution in [1.82, 2.24) is 0 Å². The van der Waals surface area contributed by atoms with Gasteiger partial charge in [0.1, 0.15) is 10.8 Å². The number of rotatable bonds is 2. The minimum Gasteiger partial charge on any atom is -0.398 e. The molecule has 2 nitrogen and oxygen atoms in total. The van der Waals surface area contributed by atoms with Gasteiger partial charge < -0.3 is 5.73 Å². The van der Waals surface area contributed by atoms with E-state index in [4.69, 9.17) is 17.3 Å². The third kappa shape index (κ3) is 2.38. The molecule has 0 aliphatic heterocycles. The van der Waals surface area contributed by atoms with Crippen LogP contribution in [0.2, 0.25) is 5.02 Å². The number of nitrogen functional groups attached to an aromatic ring is 1. The van der Waals surface area contributed by atoms with Crippen LogP contribution in [-0.2, 0) is 10.8 Å². The third-order valence-electron chi connectivity index (χ3n) is 1.35. The van der Waals surface area contributed by atoms with Gasteiger partial charge in [0.25, 0.3) is 0 Å². The van der Waals surface area contributed by atoms with Crippen LogP contribution in [0.3, 0.4) is 0 Å². The molecule has 1 atom stereocenters. The number of hydrogen-bond acceptors (Lipinski definition) is 2. The number of alkyl halides is 2. The highest BCUT2D eigenvalue weighted by atomic mass is 35.5. The number of anilines is 1. The van der Waals surface area contributed by atoms with Gasteiger partial charge in [-0.05, 0) is 18.2 Å². The van der Waals surface area contributed by atoms with Crippen LogP contribution in [0.15, 0.2) is 23.1 Å². The fourth-order valence-corrected chi connectivity index (χ4v) is 1.66. The maximum atomic E-state index is 12.0. The summed E-state index contributed by atoms with van der Waals surface area (Å²) >= 11 is 5.53. The van der Waals surface area contributed by atoms with Crippen molar-refractivity contribution in [2.75, 3.05) is 5.73 Å². The lowest BCUT2D eigenvalue weighted by Crippen LogP contribution is -2.05.